The minimum atomic E-state index is -3.40. The number of anilines is 2. The van der Waals surface area contributed by atoms with Crippen LogP contribution >= 0.6 is 0 Å². The maximum absolute atomic E-state index is 13.6. The standard InChI is InChI=1S/C22H23FN2O2S/c23-22-11-5-4-10-19(22)17-24-20-12-14-21(15-13-20)25-28(26,27)16-6-9-18-7-2-1-3-8-18/h1-5,7-8,10-15,24-25H,6,9,16-17H2. The molecule has 3 rings (SSSR count). The van der Waals surface area contributed by atoms with Crippen molar-refractivity contribution in [2.75, 3.05) is 15.8 Å². The zero-order chi connectivity index (χ0) is 19.8. The van der Waals surface area contributed by atoms with Crippen LogP contribution in [0.5, 0.6) is 0 Å². The highest BCUT2D eigenvalue weighted by atomic mass is 32.2. The Hall–Kier alpha value is -2.86. The quantitative estimate of drug-likeness (QED) is 0.544. The van der Waals surface area contributed by atoms with E-state index in [1.165, 1.54) is 6.07 Å². The Kier molecular flexibility index (Phi) is 6.66. The van der Waals surface area contributed by atoms with Crippen LogP contribution in [0.3, 0.4) is 0 Å². The second-order valence-corrected chi connectivity index (χ2v) is 8.37. The van der Waals surface area contributed by atoms with Crippen molar-refractivity contribution in [3.8, 4) is 0 Å². The third-order valence-corrected chi connectivity index (χ3v) is 5.69. The number of rotatable bonds is 9. The molecular formula is C22H23FN2O2S. The Morgan fingerprint density at radius 2 is 1.43 bits per heavy atom. The zero-order valence-corrected chi connectivity index (χ0v) is 16.3. The predicted octanol–water partition coefficient (Wildman–Crippen LogP) is 4.81. The van der Waals surface area contributed by atoms with Gasteiger partial charge in [0.05, 0.1) is 5.75 Å². The first kappa shape index (κ1) is 19.9. The lowest BCUT2D eigenvalue weighted by Gasteiger charge is -2.10. The zero-order valence-electron chi connectivity index (χ0n) is 15.4. The van der Waals surface area contributed by atoms with E-state index in [9.17, 15) is 12.8 Å². The number of aryl methyl sites for hydroxylation is 1. The Bertz CT molecular complexity index is 991. The van der Waals surface area contributed by atoms with Crippen molar-refractivity contribution in [3.05, 3.63) is 95.8 Å². The summed E-state index contributed by atoms with van der Waals surface area (Å²) in [7, 11) is -3.40. The lowest BCUT2D eigenvalue weighted by atomic mass is 10.1. The molecule has 0 aromatic heterocycles. The molecule has 2 N–H and O–H groups in total. The molecule has 4 nitrogen and oxygen atoms in total. The van der Waals surface area contributed by atoms with Crippen molar-refractivity contribution in [3.63, 3.8) is 0 Å². The summed E-state index contributed by atoms with van der Waals surface area (Å²) in [6.07, 6.45) is 1.28. The van der Waals surface area contributed by atoms with E-state index in [1.54, 1.807) is 42.5 Å². The number of sulfonamides is 1. The third kappa shape index (κ3) is 6.09. The number of hydrogen-bond donors (Lipinski definition) is 2. The van der Waals surface area contributed by atoms with Crippen LogP contribution in [0.1, 0.15) is 17.5 Å². The Morgan fingerprint density at radius 1 is 0.786 bits per heavy atom. The first-order valence-corrected chi connectivity index (χ1v) is 10.8. The fourth-order valence-electron chi connectivity index (χ4n) is 2.84. The van der Waals surface area contributed by atoms with Gasteiger partial charge in [-0.1, -0.05) is 48.5 Å². The fourth-order valence-corrected chi connectivity index (χ4v) is 3.96. The van der Waals surface area contributed by atoms with Crippen LogP contribution in [0.2, 0.25) is 0 Å². The minimum absolute atomic E-state index is 0.0647. The van der Waals surface area contributed by atoms with E-state index in [0.717, 1.165) is 17.7 Å². The molecule has 6 heteroatoms. The van der Waals surface area contributed by atoms with Crippen LogP contribution in [0.25, 0.3) is 0 Å². The molecule has 3 aromatic carbocycles. The highest BCUT2D eigenvalue weighted by Crippen LogP contribution is 2.17. The smallest absolute Gasteiger partial charge is 0.232 e. The maximum Gasteiger partial charge on any atom is 0.232 e. The van der Waals surface area contributed by atoms with Crippen molar-refractivity contribution in [2.45, 2.75) is 19.4 Å². The van der Waals surface area contributed by atoms with E-state index in [2.05, 4.69) is 10.0 Å². The fraction of sp³-hybridized carbons (Fsp3) is 0.182. The van der Waals surface area contributed by atoms with Crippen molar-refractivity contribution in [1.82, 2.24) is 0 Å². The summed E-state index contributed by atoms with van der Waals surface area (Å²) >= 11 is 0. The first-order valence-electron chi connectivity index (χ1n) is 9.14. The average molecular weight is 399 g/mol. The number of benzene rings is 3. The van der Waals surface area contributed by atoms with Gasteiger partial charge in [-0.05, 0) is 48.7 Å². The summed E-state index contributed by atoms with van der Waals surface area (Å²) in [6.45, 7) is 0.358. The number of nitrogens with one attached hydrogen (secondary N) is 2. The van der Waals surface area contributed by atoms with Crippen LogP contribution < -0.4 is 10.0 Å². The molecule has 0 saturated heterocycles. The van der Waals surface area contributed by atoms with Gasteiger partial charge in [0.15, 0.2) is 0 Å². The van der Waals surface area contributed by atoms with Crippen molar-refractivity contribution >= 4 is 21.4 Å². The molecule has 0 unspecified atom stereocenters. The largest absolute Gasteiger partial charge is 0.381 e. The number of hydrogen-bond acceptors (Lipinski definition) is 3. The molecule has 3 aromatic rings. The molecule has 0 spiro atoms. The molecule has 0 atom stereocenters. The van der Waals surface area contributed by atoms with Gasteiger partial charge in [-0.2, -0.15) is 0 Å². The van der Waals surface area contributed by atoms with Gasteiger partial charge in [-0.3, -0.25) is 4.72 Å². The van der Waals surface area contributed by atoms with E-state index < -0.39 is 10.0 Å². The van der Waals surface area contributed by atoms with E-state index in [0.29, 0.717) is 24.2 Å². The Balaban J connectivity index is 1.49. The van der Waals surface area contributed by atoms with Gasteiger partial charge in [-0.25, -0.2) is 12.8 Å². The molecule has 0 heterocycles. The van der Waals surface area contributed by atoms with Crippen LogP contribution in [-0.2, 0) is 23.0 Å². The molecular weight excluding hydrogens is 375 g/mol. The van der Waals surface area contributed by atoms with Gasteiger partial charge in [0.25, 0.3) is 0 Å². The van der Waals surface area contributed by atoms with Gasteiger partial charge in [0, 0.05) is 23.5 Å². The summed E-state index contributed by atoms with van der Waals surface area (Å²) in [6, 6.07) is 23.3. The molecule has 28 heavy (non-hydrogen) atoms. The van der Waals surface area contributed by atoms with Gasteiger partial charge < -0.3 is 5.32 Å². The minimum Gasteiger partial charge on any atom is -0.381 e. The van der Waals surface area contributed by atoms with Gasteiger partial charge >= 0.3 is 0 Å². The van der Waals surface area contributed by atoms with Crippen molar-refractivity contribution in [1.29, 1.82) is 0 Å². The first-order chi connectivity index (χ1) is 13.5. The van der Waals surface area contributed by atoms with Crippen LogP contribution in [-0.4, -0.2) is 14.2 Å². The summed E-state index contributed by atoms with van der Waals surface area (Å²) in [5.74, 6) is -0.190. The molecule has 0 radical (unpaired) electrons. The summed E-state index contributed by atoms with van der Waals surface area (Å²) in [5, 5.41) is 3.13. The molecule has 0 aliphatic carbocycles. The second kappa shape index (κ2) is 9.37. The lowest BCUT2D eigenvalue weighted by molar-refractivity contribution is 0.598. The van der Waals surface area contributed by atoms with Crippen LogP contribution in [0.4, 0.5) is 15.8 Å². The van der Waals surface area contributed by atoms with E-state index in [4.69, 9.17) is 0 Å². The normalized spacial score (nSPS) is 11.2. The van der Waals surface area contributed by atoms with Crippen molar-refractivity contribution in [2.24, 2.45) is 0 Å². The highest BCUT2D eigenvalue weighted by molar-refractivity contribution is 7.92. The lowest BCUT2D eigenvalue weighted by Crippen LogP contribution is -2.17. The van der Waals surface area contributed by atoms with E-state index in [-0.39, 0.29) is 11.6 Å². The molecule has 0 saturated carbocycles. The molecule has 146 valence electrons. The second-order valence-electron chi connectivity index (χ2n) is 6.53. The van der Waals surface area contributed by atoms with Crippen molar-refractivity contribution < 1.29 is 12.8 Å². The Morgan fingerprint density at radius 3 is 2.14 bits per heavy atom. The highest BCUT2D eigenvalue weighted by Gasteiger charge is 2.10. The molecule has 0 bridgehead atoms. The molecule has 0 amide bonds. The van der Waals surface area contributed by atoms with E-state index >= 15 is 0 Å². The SMILES string of the molecule is O=S(=O)(CCCc1ccccc1)Nc1ccc(NCc2ccccc2F)cc1. The number of halogens is 1. The summed E-state index contributed by atoms with van der Waals surface area (Å²) in [4.78, 5) is 0. The monoisotopic (exact) mass is 398 g/mol. The topological polar surface area (TPSA) is 58.2 Å². The van der Waals surface area contributed by atoms with Gasteiger partial charge in [0.2, 0.25) is 10.0 Å². The summed E-state index contributed by atoms with van der Waals surface area (Å²) < 4.78 is 40.7. The maximum atomic E-state index is 13.6. The molecule has 0 aliphatic rings. The predicted molar refractivity (Wildman–Crippen MR) is 112 cm³/mol. The average Bonchev–Trinajstić information content (AvgIpc) is 2.69. The molecule has 0 fully saturated rings. The van der Waals surface area contributed by atoms with Gasteiger partial charge in [-0.15, -0.1) is 0 Å². The van der Waals surface area contributed by atoms with Crippen LogP contribution in [0.15, 0.2) is 78.9 Å². The van der Waals surface area contributed by atoms with E-state index in [1.807, 2.05) is 30.3 Å². The van der Waals surface area contributed by atoms with Gasteiger partial charge in [0.1, 0.15) is 5.82 Å². The molecule has 0 aliphatic heterocycles. The third-order valence-electron chi connectivity index (χ3n) is 4.32. The Labute approximate surface area is 165 Å². The van der Waals surface area contributed by atoms with Crippen LogP contribution in [0, 0.1) is 5.82 Å². The summed E-state index contributed by atoms with van der Waals surface area (Å²) in [5.41, 5.74) is 3.00.